The molecule has 6 heteroatoms. The van der Waals surface area contributed by atoms with E-state index in [1.54, 1.807) is 23.6 Å². The van der Waals surface area contributed by atoms with Crippen LogP contribution in [0.5, 0.6) is 0 Å². The molecule has 0 atom stereocenters. The van der Waals surface area contributed by atoms with Gasteiger partial charge in [0.25, 0.3) is 5.56 Å². The highest BCUT2D eigenvalue weighted by molar-refractivity contribution is 6.31. The molecular weight excluding hydrogens is 338 g/mol. The highest BCUT2D eigenvalue weighted by Crippen LogP contribution is 2.20. The third-order valence-electron chi connectivity index (χ3n) is 4.05. The number of fused-ring (bicyclic) bond motifs is 1. The van der Waals surface area contributed by atoms with E-state index in [1.165, 1.54) is 0 Å². The maximum absolute atomic E-state index is 12.4. The molecule has 0 fully saturated rings. The van der Waals surface area contributed by atoms with Crippen molar-refractivity contribution < 1.29 is 4.79 Å². The Hall–Kier alpha value is -2.66. The van der Waals surface area contributed by atoms with Gasteiger partial charge in [0.05, 0.1) is 11.0 Å². The average Bonchev–Trinajstić information content (AvgIpc) is 2.58. The van der Waals surface area contributed by atoms with E-state index in [9.17, 15) is 9.59 Å². The van der Waals surface area contributed by atoms with E-state index < -0.39 is 0 Å². The molecule has 1 N–H and O–H groups in total. The van der Waals surface area contributed by atoms with E-state index in [4.69, 9.17) is 11.6 Å². The normalized spacial score (nSPS) is 10.8. The monoisotopic (exact) mass is 355 g/mol. The zero-order chi connectivity index (χ0) is 18.0. The van der Waals surface area contributed by atoms with Gasteiger partial charge < -0.3 is 9.88 Å². The fraction of sp³-hybridized carbons (Fsp3) is 0.211. The highest BCUT2D eigenvalue weighted by atomic mass is 35.5. The standard InChI is InChI=1S/C19H18ClN3O2/c1-12-7-8-14(20)11-16(12)22-18(24)9-10-23-17-6-4-3-5-15(17)21-13(2)19(23)25/h3-8,11H,9-10H2,1-2H3,(H,22,24). The Labute approximate surface area is 150 Å². The Morgan fingerprint density at radius 1 is 1.20 bits per heavy atom. The third kappa shape index (κ3) is 3.72. The molecule has 0 bridgehead atoms. The Balaban J connectivity index is 1.81. The predicted molar refractivity (Wildman–Crippen MR) is 100 cm³/mol. The molecule has 0 aliphatic rings. The Morgan fingerprint density at radius 2 is 1.96 bits per heavy atom. The lowest BCUT2D eigenvalue weighted by Gasteiger charge is -2.12. The molecule has 0 radical (unpaired) electrons. The lowest BCUT2D eigenvalue weighted by Crippen LogP contribution is -2.26. The summed E-state index contributed by atoms with van der Waals surface area (Å²) in [6, 6.07) is 12.8. The largest absolute Gasteiger partial charge is 0.326 e. The summed E-state index contributed by atoms with van der Waals surface area (Å²) >= 11 is 5.97. The van der Waals surface area contributed by atoms with Crippen LogP contribution in [-0.2, 0) is 11.3 Å². The zero-order valence-corrected chi connectivity index (χ0v) is 14.8. The maximum atomic E-state index is 12.4. The number of nitrogens with one attached hydrogen (secondary N) is 1. The molecule has 0 spiro atoms. The molecule has 128 valence electrons. The van der Waals surface area contributed by atoms with E-state index in [-0.39, 0.29) is 24.4 Å². The van der Waals surface area contributed by atoms with Gasteiger partial charge in [0.2, 0.25) is 5.91 Å². The van der Waals surface area contributed by atoms with E-state index in [0.717, 1.165) is 16.6 Å². The number of aryl methyl sites for hydroxylation is 3. The summed E-state index contributed by atoms with van der Waals surface area (Å²) in [6.45, 7) is 3.87. The van der Waals surface area contributed by atoms with E-state index in [1.807, 2.05) is 37.3 Å². The van der Waals surface area contributed by atoms with Crippen molar-refractivity contribution in [3.8, 4) is 0 Å². The summed E-state index contributed by atoms with van der Waals surface area (Å²) < 4.78 is 1.60. The lowest BCUT2D eigenvalue weighted by atomic mass is 10.2. The Kier molecular flexibility index (Phi) is 4.86. The number of anilines is 1. The van der Waals surface area contributed by atoms with Gasteiger partial charge >= 0.3 is 0 Å². The van der Waals surface area contributed by atoms with Gasteiger partial charge in [-0.3, -0.25) is 9.59 Å². The molecule has 1 heterocycles. The third-order valence-corrected chi connectivity index (χ3v) is 4.29. The molecule has 0 saturated heterocycles. The number of hydrogen-bond donors (Lipinski definition) is 1. The molecule has 3 aromatic rings. The number of carbonyl (C=O) groups excluding carboxylic acids is 1. The van der Waals surface area contributed by atoms with E-state index in [2.05, 4.69) is 10.3 Å². The first-order chi connectivity index (χ1) is 12.0. The van der Waals surface area contributed by atoms with Crippen LogP contribution in [0.2, 0.25) is 5.02 Å². The fourth-order valence-corrected chi connectivity index (χ4v) is 2.87. The predicted octanol–water partition coefficient (Wildman–Crippen LogP) is 3.70. The number of nitrogens with zero attached hydrogens (tertiary/aromatic N) is 2. The molecular formula is C19H18ClN3O2. The SMILES string of the molecule is Cc1ccc(Cl)cc1NC(=O)CCn1c(=O)c(C)nc2ccccc21. The first-order valence-corrected chi connectivity index (χ1v) is 8.35. The topological polar surface area (TPSA) is 64.0 Å². The number of benzene rings is 2. The molecule has 1 amide bonds. The number of para-hydroxylation sites is 2. The number of carbonyl (C=O) groups is 1. The van der Waals surface area contributed by atoms with Crippen molar-refractivity contribution in [2.24, 2.45) is 0 Å². The molecule has 3 rings (SSSR count). The second-order valence-corrected chi connectivity index (χ2v) is 6.34. The summed E-state index contributed by atoms with van der Waals surface area (Å²) in [7, 11) is 0. The average molecular weight is 356 g/mol. The second kappa shape index (κ2) is 7.07. The summed E-state index contributed by atoms with van der Waals surface area (Å²) in [5.41, 5.74) is 3.33. The summed E-state index contributed by atoms with van der Waals surface area (Å²) in [4.78, 5) is 29.0. The van der Waals surface area contributed by atoms with Gasteiger partial charge in [0.1, 0.15) is 5.69 Å². The van der Waals surface area contributed by atoms with Gasteiger partial charge in [-0.25, -0.2) is 4.98 Å². The van der Waals surface area contributed by atoms with Crippen LogP contribution < -0.4 is 10.9 Å². The van der Waals surface area contributed by atoms with Crippen LogP contribution in [0.4, 0.5) is 5.69 Å². The molecule has 0 aliphatic heterocycles. The number of aromatic nitrogens is 2. The van der Waals surface area contributed by atoms with Gasteiger partial charge in [0.15, 0.2) is 0 Å². The van der Waals surface area contributed by atoms with Crippen molar-refractivity contribution in [1.82, 2.24) is 9.55 Å². The first kappa shape index (κ1) is 17.2. The smallest absolute Gasteiger partial charge is 0.272 e. The molecule has 0 aliphatic carbocycles. The fourth-order valence-electron chi connectivity index (χ4n) is 2.70. The quantitative estimate of drug-likeness (QED) is 0.776. The van der Waals surface area contributed by atoms with Crippen LogP contribution in [0, 0.1) is 13.8 Å². The lowest BCUT2D eigenvalue weighted by molar-refractivity contribution is -0.116. The van der Waals surface area contributed by atoms with Crippen LogP contribution in [0.1, 0.15) is 17.7 Å². The summed E-state index contributed by atoms with van der Waals surface area (Å²) in [6.07, 6.45) is 0.180. The van der Waals surface area contributed by atoms with Gasteiger partial charge in [-0.1, -0.05) is 29.8 Å². The van der Waals surface area contributed by atoms with Crippen molar-refractivity contribution in [2.75, 3.05) is 5.32 Å². The van der Waals surface area contributed by atoms with Crippen LogP contribution >= 0.6 is 11.6 Å². The van der Waals surface area contributed by atoms with Crippen molar-refractivity contribution in [2.45, 2.75) is 26.8 Å². The van der Waals surface area contributed by atoms with Crippen LogP contribution in [0.15, 0.2) is 47.3 Å². The number of halogens is 1. The van der Waals surface area contributed by atoms with Crippen molar-refractivity contribution in [3.63, 3.8) is 0 Å². The number of rotatable bonds is 4. The molecule has 0 unspecified atom stereocenters. The van der Waals surface area contributed by atoms with Gasteiger partial charge in [-0.05, 0) is 43.7 Å². The summed E-state index contributed by atoms with van der Waals surface area (Å²) in [5.74, 6) is -0.171. The van der Waals surface area contributed by atoms with Crippen molar-refractivity contribution in [3.05, 3.63) is 69.1 Å². The molecule has 0 saturated carbocycles. The van der Waals surface area contributed by atoms with Crippen LogP contribution in [0.25, 0.3) is 11.0 Å². The molecule has 25 heavy (non-hydrogen) atoms. The van der Waals surface area contributed by atoms with E-state index in [0.29, 0.717) is 16.4 Å². The highest BCUT2D eigenvalue weighted by Gasteiger charge is 2.10. The van der Waals surface area contributed by atoms with E-state index >= 15 is 0 Å². The van der Waals surface area contributed by atoms with Gasteiger partial charge in [-0.2, -0.15) is 0 Å². The summed E-state index contributed by atoms with van der Waals surface area (Å²) in [5, 5.41) is 3.41. The van der Waals surface area contributed by atoms with Gasteiger partial charge in [0, 0.05) is 23.7 Å². The minimum absolute atomic E-state index is 0.171. The van der Waals surface area contributed by atoms with Crippen molar-refractivity contribution >= 4 is 34.2 Å². The molecule has 5 nitrogen and oxygen atoms in total. The number of hydrogen-bond acceptors (Lipinski definition) is 3. The zero-order valence-electron chi connectivity index (χ0n) is 14.0. The maximum Gasteiger partial charge on any atom is 0.272 e. The van der Waals surface area contributed by atoms with Crippen molar-refractivity contribution in [1.29, 1.82) is 0 Å². The molecule has 1 aromatic heterocycles. The second-order valence-electron chi connectivity index (χ2n) is 5.90. The minimum Gasteiger partial charge on any atom is -0.326 e. The van der Waals surface area contributed by atoms with Crippen LogP contribution in [-0.4, -0.2) is 15.5 Å². The van der Waals surface area contributed by atoms with Gasteiger partial charge in [-0.15, -0.1) is 0 Å². The number of amides is 1. The Bertz CT molecular complexity index is 1010. The minimum atomic E-state index is -0.176. The first-order valence-electron chi connectivity index (χ1n) is 7.98. The van der Waals surface area contributed by atoms with Crippen LogP contribution in [0.3, 0.4) is 0 Å². The Morgan fingerprint density at radius 3 is 2.76 bits per heavy atom. The molecule has 2 aromatic carbocycles.